The van der Waals surface area contributed by atoms with Crippen LogP contribution >= 0.6 is 11.6 Å². The number of sulfonamides is 1. The standard InChI is InChI=1S/C20H17ClN2O3S/c21-18-13-15(23-11-4-12-27(23,25)26)9-10-19(18)22-20(24)17-8-3-6-14-5-1-2-7-16(14)17/h1-3,5-10,13H,4,11-12H2,(H,22,24). The van der Waals surface area contributed by atoms with Gasteiger partial charge in [0, 0.05) is 12.1 Å². The molecule has 3 aromatic rings. The van der Waals surface area contributed by atoms with Crippen molar-refractivity contribution in [2.24, 2.45) is 0 Å². The van der Waals surface area contributed by atoms with E-state index in [0.29, 0.717) is 34.9 Å². The van der Waals surface area contributed by atoms with Crippen LogP contribution in [0.4, 0.5) is 11.4 Å². The Balaban J connectivity index is 1.62. The molecule has 0 aliphatic carbocycles. The summed E-state index contributed by atoms with van der Waals surface area (Å²) in [7, 11) is -3.27. The number of amides is 1. The minimum absolute atomic E-state index is 0.143. The van der Waals surface area contributed by atoms with Crippen molar-refractivity contribution in [3.8, 4) is 0 Å². The van der Waals surface area contributed by atoms with Crippen molar-refractivity contribution < 1.29 is 13.2 Å². The molecule has 1 amide bonds. The van der Waals surface area contributed by atoms with E-state index in [4.69, 9.17) is 11.6 Å². The van der Waals surface area contributed by atoms with E-state index in [1.807, 2.05) is 36.4 Å². The summed E-state index contributed by atoms with van der Waals surface area (Å²) in [5, 5.41) is 4.95. The Morgan fingerprint density at radius 1 is 1.04 bits per heavy atom. The van der Waals surface area contributed by atoms with Crippen LogP contribution in [0.15, 0.2) is 60.7 Å². The highest BCUT2D eigenvalue weighted by molar-refractivity contribution is 7.93. The zero-order valence-electron chi connectivity index (χ0n) is 14.4. The number of halogens is 1. The monoisotopic (exact) mass is 400 g/mol. The first kappa shape index (κ1) is 17.8. The molecule has 0 atom stereocenters. The number of rotatable bonds is 3. The molecule has 5 nitrogen and oxygen atoms in total. The van der Waals surface area contributed by atoms with Crippen molar-refractivity contribution in [1.82, 2.24) is 0 Å². The zero-order valence-corrected chi connectivity index (χ0v) is 15.9. The number of benzene rings is 3. The van der Waals surface area contributed by atoms with Gasteiger partial charge in [0.05, 0.1) is 22.2 Å². The molecule has 0 unspecified atom stereocenters. The predicted octanol–water partition coefficient (Wildman–Crippen LogP) is 4.29. The highest BCUT2D eigenvalue weighted by Gasteiger charge is 2.28. The molecule has 0 aromatic heterocycles. The average molecular weight is 401 g/mol. The van der Waals surface area contributed by atoms with Gasteiger partial charge in [-0.15, -0.1) is 0 Å². The number of nitrogens with one attached hydrogen (secondary N) is 1. The topological polar surface area (TPSA) is 66.5 Å². The van der Waals surface area contributed by atoms with Crippen molar-refractivity contribution in [3.05, 3.63) is 71.2 Å². The first-order chi connectivity index (χ1) is 13.0. The fraction of sp³-hybridized carbons (Fsp3) is 0.150. The van der Waals surface area contributed by atoms with Crippen molar-refractivity contribution >= 4 is 49.7 Å². The number of hydrogen-bond donors (Lipinski definition) is 1. The summed E-state index contributed by atoms with van der Waals surface area (Å²) < 4.78 is 25.5. The van der Waals surface area contributed by atoms with Crippen LogP contribution in [-0.4, -0.2) is 26.6 Å². The second-order valence-electron chi connectivity index (χ2n) is 6.39. The Kier molecular flexibility index (Phi) is 4.53. The van der Waals surface area contributed by atoms with Crippen LogP contribution in [0.5, 0.6) is 0 Å². The number of nitrogens with zero attached hydrogens (tertiary/aromatic N) is 1. The first-order valence-corrected chi connectivity index (χ1v) is 10.5. The molecule has 1 aliphatic heterocycles. The van der Waals surface area contributed by atoms with Crippen molar-refractivity contribution in [2.75, 3.05) is 21.9 Å². The molecule has 7 heteroatoms. The van der Waals surface area contributed by atoms with Crippen LogP contribution in [0.3, 0.4) is 0 Å². The van der Waals surface area contributed by atoms with Gasteiger partial charge in [-0.3, -0.25) is 9.10 Å². The van der Waals surface area contributed by atoms with Crippen LogP contribution in [0.1, 0.15) is 16.8 Å². The van der Waals surface area contributed by atoms with Crippen LogP contribution in [0.2, 0.25) is 5.02 Å². The number of carbonyl (C=O) groups is 1. The van der Waals surface area contributed by atoms with E-state index in [-0.39, 0.29) is 11.7 Å². The molecule has 1 heterocycles. The van der Waals surface area contributed by atoms with Crippen molar-refractivity contribution in [2.45, 2.75) is 6.42 Å². The predicted molar refractivity (Wildman–Crippen MR) is 109 cm³/mol. The maximum atomic E-state index is 12.7. The molecule has 3 aromatic carbocycles. The quantitative estimate of drug-likeness (QED) is 0.713. The summed E-state index contributed by atoms with van der Waals surface area (Å²) in [6, 6.07) is 18.1. The lowest BCUT2D eigenvalue weighted by molar-refractivity contribution is 0.102. The Morgan fingerprint density at radius 2 is 1.81 bits per heavy atom. The Labute approximate surface area is 162 Å². The van der Waals surface area contributed by atoms with Gasteiger partial charge < -0.3 is 5.32 Å². The van der Waals surface area contributed by atoms with Gasteiger partial charge in [-0.1, -0.05) is 48.0 Å². The molecule has 1 aliphatic rings. The maximum Gasteiger partial charge on any atom is 0.256 e. The van der Waals surface area contributed by atoms with E-state index in [0.717, 1.165) is 10.8 Å². The van der Waals surface area contributed by atoms with Gasteiger partial charge in [-0.25, -0.2) is 8.42 Å². The van der Waals surface area contributed by atoms with Crippen LogP contribution in [0, 0.1) is 0 Å². The second-order valence-corrected chi connectivity index (χ2v) is 8.81. The minimum atomic E-state index is -3.27. The lowest BCUT2D eigenvalue weighted by Crippen LogP contribution is -2.25. The van der Waals surface area contributed by atoms with Gasteiger partial charge in [0.1, 0.15) is 0 Å². The normalized spacial score (nSPS) is 15.8. The summed E-state index contributed by atoms with van der Waals surface area (Å²) in [6.07, 6.45) is 0.597. The van der Waals surface area contributed by atoms with E-state index in [2.05, 4.69) is 5.32 Å². The SMILES string of the molecule is O=C(Nc1ccc(N2CCCS2(=O)=O)cc1Cl)c1cccc2ccccc12. The fourth-order valence-electron chi connectivity index (χ4n) is 3.30. The van der Waals surface area contributed by atoms with Gasteiger partial charge in [-0.2, -0.15) is 0 Å². The Hall–Kier alpha value is -2.57. The highest BCUT2D eigenvalue weighted by atomic mass is 35.5. The third-order valence-electron chi connectivity index (χ3n) is 4.62. The van der Waals surface area contributed by atoms with Gasteiger partial charge in [0.2, 0.25) is 10.0 Å². The first-order valence-electron chi connectivity index (χ1n) is 8.55. The molecule has 0 saturated carbocycles. The smallest absolute Gasteiger partial charge is 0.256 e. The molecule has 1 saturated heterocycles. The molecule has 1 fully saturated rings. The van der Waals surface area contributed by atoms with Gasteiger partial charge >= 0.3 is 0 Å². The molecule has 138 valence electrons. The number of fused-ring (bicyclic) bond motifs is 1. The molecule has 0 radical (unpaired) electrons. The minimum Gasteiger partial charge on any atom is -0.321 e. The summed E-state index contributed by atoms with van der Waals surface area (Å²) in [5.74, 6) is -0.125. The lowest BCUT2D eigenvalue weighted by Gasteiger charge is -2.18. The molecule has 0 spiro atoms. The van der Waals surface area contributed by atoms with Crippen molar-refractivity contribution in [3.63, 3.8) is 0 Å². The number of hydrogen-bond acceptors (Lipinski definition) is 3. The van der Waals surface area contributed by atoms with Gasteiger partial charge in [0.15, 0.2) is 0 Å². The number of carbonyl (C=O) groups excluding carboxylic acids is 1. The van der Waals surface area contributed by atoms with Gasteiger partial charge in [0.25, 0.3) is 5.91 Å². The highest BCUT2D eigenvalue weighted by Crippen LogP contribution is 2.31. The van der Waals surface area contributed by atoms with E-state index in [1.54, 1.807) is 24.3 Å². The third-order valence-corrected chi connectivity index (χ3v) is 6.80. The zero-order chi connectivity index (χ0) is 19.0. The summed E-state index contributed by atoms with van der Waals surface area (Å²) >= 11 is 6.31. The Bertz CT molecular complexity index is 1140. The summed E-state index contributed by atoms with van der Waals surface area (Å²) in [4.78, 5) is 12.7. The lowest BCUT2D eigenvalue weighted by atomic mass is 10.0. The molecule has 27 heavy (non-hydrogen) atoms. The van der Waals surface area contributed by atoms with Crippen LogP contribution in [-0.2, 0) is 10.0 Å². The molecule has 0 bridgehead atoms. The van der Waals surface area contributed by atoms with Crippen LogP contribution < -0.4 is 9.62 Å². The second kappa shape index (κ2) is 6.87. The van der Waals surface area contributed by atoms with Crippen molar-refractivity contribution in [1.29, 1.82) is 0 Å². The molecule has 4 rings (SSSR count). The Morgan fingerprint density at radius 3 is 2.56 bits per heavy atom. The van der Waals surface area contributed by atoms with Crippen LogP contribution in [0.25, 0.3) is 10.8 Å². The summed E-state index contributed by atoms with van der Waals surface area (Å²) in [6.45, 7) is 0.445. The van der Waals surface area contributed by atoms with E-state index >= 15 is 0 Å². The average Bonchev–Trinajstić information content (AvgIpc) is 3.02. The van der Waals surface area contributed by atoms with E-state index < -0.39 is 10.0 Å². The van der Waals surface area contributed by atoms with E-state index in [9.17, 15) is 13.2 Å². The number of anilines is 2. The third kappa shape index (κ3) is 3.38. The molecule has 1 N–H and O–H groups in total. The van der Waals surface area contributed by atoms with E-state index in [1.165, 1.54) is 4.31 Å². The summed E-state index contributed by atoms with van der Waals surface area (Å²) in [5.41, 5.74) is 1.51. The molecular weight excluding hydrogens is 384 g/mol. The maximum absolute atomic E-state index is 12.7. The largest absolute Gasteiger partial charge is 0.321 e. The van der Waals surface area contributed by atoms with Gasteiger partial charge in [-0.05, 0) is 41.5 Å². The fourth-order valence-corrected chi connectivity index (χ4v) is 5.08. The molecular formula is C20H17ClN2O3S.